The molecule has 3 aromatic rings. The minimum atomic E-state index is -0.663. The van der Waals surface area contributed by atoms with Crippen molar-refractivity contribution in [2.75, 3.05) is 0 Å². The lowest BCUT2D eigenvalue weighted by Crippen LogP contribution is -2.09. The van der Waals surface area contributed by atoms with Crippen LogP contribution < -0.4 is 0 Å². The zero-order valence-corrected chi connectivity index (χ0v) is 22.4. The third-order valence-electron chi connectivity index (χ3n) is 4.27. The Morgan fingerprint density at radius 3 is 1.50 bits per heavy atom. The van der Waals surface area contributed by atoms with Gasteiger partial charge in [-0.1, -0.05) is 37.9 Å². The quantitative estimate of drug-likeness (QED) is 0.274. The van der Waals surface area contributed by atoms with Gasteiger partial charge in [-0.05, 0) is 74.3 Å². The fourth-order valence-electron chi connectivity index (χ4n) is 2.69. The van der Waals surface area contributed by atoms with Crippen molar-refractivity contribution >= 4 is 75.7 Å². The van der Waals surface area contributed by atoms with Crippen LogP contribution in [0.4, 0.5) is 0 Å². The number of benzene rings is 3. The first-order valence-corrected chi connectivity index (χ1v) is 12.1. The van der Waals surface area contributed by atoms with Crippen LogP contribution in [0.15, 0.2) is 66.4 Å². The number of carbonyl (C=O) groups excluding carboxylic acids is 2. The average Bonchev–Trinajstić information content (AvgIpc) is 2.76. The van der Waals surface area contributed by atoms with Crippen molar-refractivity contribution in [2.45, 2.75) is 13.2 Å². The highest BCUT2D eigenvalue weighted by Crippen LogP contribution is 2.33. The van der Waals surface area contributed by atoms with Gasteiger partial charge in [-0.25, -0.2) is 9.59 Å². The van der Waals surface area contributed by atoms with Gasteiger partial charge in [0.05, 0.1) is 20.1 Å². The van der Waals surface area contributed by atoms with Gasteiger partial charge in [-0.3, -0.25) is 0 Å². The molecule has 6 nitrogen and oxygen atoms in total. The molecular formula is C22H14Br4O6. The van der Waals surface area contributed by atoms with E-state index in [1.165, 1.54) is 24.3 Å². The molecule has 166 valence electrons. The van der Waals surface area contributed by atoms with Gasteiger partial charge in [0, 0.05) is 20.1 Å². The number of hydrogen-bond donors (Lipinski definition) is 2. The van der Waals surface area contributed by atoms with E-state index in [0.717, 1.165) is 0 Å². The number of rotatable bonds is 6. The van der Waals surface area contributed by atoms with Gasteiger partial charge >= 0.3 is 11.9 Å². The van der Waals surface area contributed by atoms with E-state index in [1.54, 1.807) is 24.3 Å². The normalized spacial score (nSPS) is 10.6. The fourth-order valence-corrected chi connectivity index (χ4v) is 5.31. The van der Waals surface area contributed by atoms with Crippen molar-refractivity contribution in [1.29, 1.82) is 0 Å². The van der Waals surface area contributed by atoms with Gasteiger partial charge in [0.15, 0.2) is 0 Å². The SMILES string of the molecule is O=C(OCc1cc(Br)cc(Br)c1O)c1cccc(C(=O)OCc2cc(Br)cc(Br)c2O)c1. The lowest BCUT2D eigenvalue weighted by atomic mass is 10.1. The minimum Gasteiger partial charge on any atom is -0.506 e. The molecule has 0 aromatic heterocycles. The zero-order valence-electron chi connectivity index (χ0n) is 16.1. The van der Waals surface area contributed by atoms with Crippen molar-refractivity contribution in [2.24, 2.45) is 0 Å². The maximum absolute atomic E-state index is 12.5. The van der Waals surface area contributed by atoms with Crippen molar-refractivity contribution in [3.63, 3.8) is 0 Å². The number of carbonyl (C=O) groups is 2. The largest absolute Gasteiger partial charge is 0.506 e. The summed E-state index contributed by atoms with van der Waals surface area (Å²) in [7, 11) is 0. The monoisotopic (exact) mass is 690 g/mol. The number of esters is 2. The predicted molar refractivity (Wildman–Crippen MR) is 132 cm³/mol. The van der Waals surface area contributed by atoms with Crippen LogP contribution in [0.25, 0.3) is 0 Å². The summed E-state index contributed by atoms with van der Waals surface area (Å²) in [6.07, 6.45) is 0. The first kappa shape index (κ1) is 24.8. The number of aromatic hydroxyl groups is 2. The summed E-state index contributed by atoms with van der Waals surface area (Å²) >= 11 is 13.1. The molecule has 3 aromatic carbocycles. The average molecular weight is 694 g/mol. The molecule has 0 aliphatic heterocycles. The van der Waals surface area contributed by atoms with Crippen molar-refractivity contribution in [3.05, 3.63) is 88.7 Å². The number of phenolic OH excluding ortho intramolecular Hbond substituents is 2. The van der Waals surface area contributed by atoms with Crippen LogP contribution in [-0.4, -0.2) is 22.2 Å². The van der Waals surface area contributed by atoms with Crippen molar-refractivity contribution < 1.29 is 29.3 Å². The topological polar surface area (TPSA) is 93.1 Å². The lowest BCUT2D eigenvalue weighted by Gasteiger charge is -2.10. The molecule has 0 fully saturated rings. The molecule has 0 aliphatic rings. The van der Waals surface area contributed by atoms with E-state index in [1.807, 2.05) is 0 Å². The third kappa shape index (κ3) is 6.12. The lowest BCUT2D eigenvalue weighted by molar-refractivity contribution is 0.0468. The first-order chi connectivity index (χ1) is 15.2. The molecular weight excluding hydrogens is 680 g/mol. The van der Waals surface area contributed by atoms with Crippen molar-refractivity contribution in [3.8, 4) is 11.5 Å². The highest BCUT2D eigenvalue weighted by Gasteiger charge is 2.16. The van der Waals surface area contributed by atoms with E-state index >= 15 is 0 Å². The van der Waals surface area contributed by atoms with Crippen LogP contribution in [0.5, 0.6) is 11.5 Å². The smallest absolute Gasteiger partial charge is 0.338 e. The molecule has 0 aliphatic carbocycles. The second-order valence-electron chi connectivity index (χ2n) is 6.52. The van der Waals surface area contributed by atoms with Crippen LogP contribution in [0.3, 0.4) is 0 Å². The Morgan fingerprint density at radius 2 is 1.09 bits per heavy atom. The molecule has 0 radical (unpaired) electrons. The Hall–Kier alpha value is -1.88. The first-order valence-electron chi connectivity index (χ1n) is 8.93. The number of ether oxygens (including phenoxy) is 2. The van der Waals surface area contributed by atoms with Gasteiger partial charge in [0.2, 0.25) is 0 Å². The van der Waals surface area contributed by atoms with Crippen LogP contribution in [0, 0.1) is 0 Å². The molecule has 0 spiro atoms. The molecule has 10 heteroatoms. The molecule has 3 rings (SSSR count). The molecule has 0 heterocycles. The summed E-state index contributed by atoms with van der Waals surface area (Å²) in [4.78, 5) is 24.9. The Kier molecular flexibility index (Phi) is 8.37. The van der Waals surface area contributed by atoms with Crippen LogP contribution in [0.2, 0.25) is 0 Å². The van der Waals surface area contributed by atoms with E-state index in [4.69, 9.17) is 9.47 Å². The fraction of sp³-hybridized carbons (Fsp3) is 0.0909. The van der Waals surface area contributed by atoms with Gasteiger partial charge in [0.1, 0.15) is 24.7 Å². The van der Waals surface area contributed by atoms with Gasteiger partial charge in [-0.2, -0.15) is 0 Å². The van der Waals surface area contributed by atoms with Gasteiger partial charge in [0.25, 0.3) is 0 Å². The molecule has 0 saturated carbocycles. The molecule has 32 heavy (non-hydrogen) atoms. The number of halogens is 4. The summed E-state index contributed by atoms with van der Waals surface area (Å²) in [5.74, 6) is -1.38. The molecule has 0 bridgehead atoms. The van der Waals surface area contributed by atoms with Crippen LogP contribution in [0.1, 0.15) is 31.8 Å². The minimum absolute atomic E-state index is 0.0271. The number of hydrogen-bond acceptors (Lipinski definition) is 6. The summed E-state index contributed by atoms with van der Waals surface area (Å²) in [6.45, 7) is -0.317. The van der Waals surface area contributed by atoms with Crippen LogP contribution >= 0.6 is 63.7 Å². The van der Waals surface area contributed by atoms with E-state index in [9.17, 15) is 19.8 Å². The molecule has 0 saturated heterocycles. The Labute approximate surface area is 217 Å². The maximum Gasteiger partial charge on any atom is 0.338 e. The van der Waals surface area contributed by atoms with Gasteiger partial charge in [-0.15, -0.1) is 0 Å². The predicted octanol–water partition coefficient (Wildman–Crippen LogP) is 6.86. The van der Waals surface area contributed by atoms with E-state index < -0.39 is 11.9 Å². The standard InChI is InChI=1S/C22H14Br4O6/c23-15-5-13(19(27)17(25)7-15)9-31-21(29)11-2-1-3-12(4-11)22(30)32-10-14-6-16(24)8-18(26)20(14)28/h1-8,27-28H,9-10H2. The summed E-state index contributed by atoms with van der Waals surface area (Å²) in [5, 5.41) is 20.2. The summed E-state index contributed by atoms with van der Waals surface area (Å²) < 4.78 is 12.9. The Morgan fingerprint density at radius 1 is 0.688 bits per heavy atom. The second-order valence-corrected chi connectivity index (χ2v) is 10.1. The maximum atomic E-state index is 12.5. The zero-order chi connectivity index (χ0) is 23.4. The van der Waals surface area contributed by atoms with Crippen LogP contribution in [-0.2, 0) is 22.7 Å². The van der Waals surface area contributed by atoms with E-state index in [-0.39, 0.29) is 35.8 Å². The second kappa shape index (κ2) is 10.8. The number of phenols is 2. The third-order valence-corrected chi connectivity index (χ3v) is 6.39. The summed E-state index contributed by atoms with van der Waals surface area (Å²) in [6, 6.07) is 12.5. The highest BCUT2D eigenvalue weighted by atomic mass is 79.9. The Balaban J connectivity index is 1.67. The summed E-state index contributed by atoms with van der Waals surface area (Å²) in [5.41, 5.74) is 1.13. The molecule has 2 N–H and O–H groups in total. The van der Waals surface area contributed by atoms with Gasteiger partial charge < -0.3 is 19.7 Å². The Bertz CT molecular complexity index is 1110. The molecule has 0 unspecified atom stereocenters. The highest BCUT2D eigenvalue weighted by molar-refractivity contribution is 9.11. The molecule has 0 atom stereocenters. The molecule has 0 amide bonds. The van der Waals surface area contributed by atoms with Crippen molar-refractivity contribution in [1.82, 2.24) is 0 Å². The van der Waals surface area contributed by atoms with E-state index in [2.05, 4.69) is 63.7 Å². The van der Waals surface area contributed by atoms with E-state index in [0.29, 0.717) is 29.0 Å².